The lowest BCUT2D eigenvalue weighted by molar-refractivity contribution is -0.169. The Kier molecular flexibility index (Phi) is 5.24. The number of ether oxygens (including phenoxy) is 1. The molecule has 0 atom stereocenters. The fourth-order valence-electron chi connectivity index (χ4n) is 4.84. The second kappa shape index (κ2) is 7.60. The summed E-state index contributed by atoms with van der Waals surface area (Å²) in [6.45, 7) is 8.11. The van der Waals surface area contributed by atoms with Crippen molar-refractivity contribution in [3.05, 3.63) is 24.3 Å². The number of urea groups is 1. The molecule has 1 aromatic rings. The summed E-state index contributed by atoms with van der Waals surface area (Å²) in [4.78, 5) is 39.6. The quantitative estimate of drug-likeness (QED) is 0.768. The van der Waals surface area contributed by atoms with Gasteiger partial charge in [-0.1, -0.05) is 0 Å². The lowest BCUT2D eigenvalue weighted by Gasteiger charge is -2.52. The SMILES string of the molecule is CC(C)(C)OC(=O)C1CC2(CCN(c3ccc(N4CCC(=O)NC4=O)cc3)CC2)C1. The number of nitrogens with zero attached hydrogens (tertiary/aromatic N) is 2. The van der Waals surface area contributed by atoms with Crippen LogP contribution in [0.2, 0.25) is 0 Å². The van der Waals surface area contributed by atoms with Crippen molar-refractivity contribution in [2.45, 2.75) is 58.5 Å². The third-order valence-electron chi connectivity index (χ3n) is 6.50. The Morgan fingerprint density at radius 1 is 1.03 bits per heavy atom. The predicted molar refractivity (Wildman–Crippen MR) is 114 cm³/mol. The van der Waals surface area contributed by atoms with Crippen LogP contribution in [0.5, 0.6) is 0 Å². The number of piperidine rings is 1. The van der Waals surface area contributed by atoms with Gasteiger partial charge < -0.3 is 9.64 Å². The van der Waals surface area contributed by atoms with Gasteiger partial charge in [-0.15, -0.1) is 0 Å². The Balaban J connectivity index is 1.29. The number of rotatable bonds is 3. The highest BCUT2D eigenvalue weighted by molar-refractivity contribution is 6.05. The van der Waals surface area contributed by atoms with E-state index in [1.165, 1.54) is 0 Å². The van der Waals surface area contributed by atoms with Crippen molar-refractivity contribution in [2.24, 2.45) is 11.3 Å². The Hall–Kier alpha value is -2.57. The van der Waals surface area contributed by atoms with Crippen molar-refractivity contribution in [2.75, 3.05) is 29.4 Å². The molecule has 2 saturated heterocycles. The minimum Gasteiger partial charge on any atom is -0.460 e. The molecule has 1 N–H and O–H groups in total. The molecule has 3 aliphatic rings. The maximum absolute atomic E-state index is 12.3. The fraction of sp³-hybridized carbons (Fsp3) is 0.609. The lowest BCUT2D eigenvalue weighted by atomic mass is 9.57. The van der Waals surface area contributed by atoms with Crippen LogP contribution in [0.4, 0.5) is 16.2 Å². The highest BCUT2D eigenvalue weighted by Crippen LogP contribution is 2.53. The summed E-state index contributed by atoms with van der Waals surface area (Å²) < 4.78 is 5.54. The van der Waals surface area contributed by atoms with Crippen molar-refractivity contribution in [3.8, 4) is 0 Å². The van der Waals surface area contributed by atoms with Gasteiger partial charge in [-0.05, 0) is 76.1 Å². The third kappa shape index (κ3) is 4.30. The molecule has 1 spiro atoms. The minimum absolute atomic E-state index is 0.0467. The average Bonchev–Trinajstić information content (AvgIpc) is 2.65. The van der Waals surface area contributed by atoms with Gasteiger partial charge in [-0.2, -0.15) is 0 Å². The van der Waals surface area contributed by atoms with E-state index >= 15 is 0 Å². The van der Waals surface area contributed by atoms with Gasteiger partial charge in [0.1, 0.15) is 5.60 Å². The number of esters is 1. The number of carbonyl (C=O) groups excluding carboxylic acids is 3. The molecule has 0 radical (unpaired) electrons. The van der Waals surface area contributed by atoms with Crippen molar-refractivity contribution in [1.82, 2.24) is 5.32 Å². The van der Waals surface area contributed by atoms with Gasteiger partial charge in [0.25, 0.3) is 0 Å². The first-order chi connectivity index (χ1) is 14.1. The largest absolute Gasteiger partial charge is 0.460 e. The van der Waals surface area contributed by atoms with Gasteiger partial charge in [-0.3, -0.25) is 19.8 Å². The molecule has 1 aliphatic carbocycles. The minimum atomic E-state index is -0.417. The van der Waals surface area contributed by atoms with E-state index in [0.717, 1.165) is 50.1 Å². The number of anilines is 2. The van der Waals surface area contributed by atoms with Crippen LogP contribution in [-0.4, -0.2) is 43.1 Å². The van der Waals surface area contributed by atoms with E-state index in [0.29, 0.717) is 13.0 Å². The Morgan fingerprint density at radius 3 is 2.20 bits per heavy atom. The molecule has 0 bridgehead atoms. The second-order valence-corrected chi connectivity index (χ2v) is 9.90. The summed E-state index contributed by atoms with van der Waals surface area (Å²) in [5, 5.41) is 2.36. The van der Waals surface area contributed by atoms with Gasteiger partial charge in [0.15, 0.2) is 0 Å². The van der Waals surface area contributed by atoms with E-state index in [1.807, 2.05) is 45.0 Å². The molecule has 1 aromatic carbocycles. The molecule has 3 fully saturated rings. The van der Waals surface area contributed by atoms with Crippen molar-refractivity contribution in [3.63, 3.8) is 0 Å². The maximum Gasteiger partial charge on any atom is 0.328 e. The number of hydrogen-bond donors (Lipinski definition) is 1. The van der Waals surface area contributed by atoms with Crippen molar-refractivity contribution in [1.29, 1.82) is 0 Å². The van der Waals surface area contributed by atoms with E-state index < -0.39 is 5.60 Å². The van der Waals surface area contributed by atoms with Crippen LogP contribution in [0.15, 0.2) is 24.3 Å². The van der Waals surface area contributed by atoms with E-state index in [2.05, 4.69) is 10.2 Å². The highest BCUT2D eigenvalue weighted by atomic mass is 16.6. The number of hydrogen-bond acceptors (Lipinski definition) is 5. The van der Waals surface area contributed by atoms with Crippen LogP contribution in [0.25, 0.3) is 0 Å². The molecule has 7 heteroatoms. The molecular formula is C23H31N3O4. The number of nitrogens with one attached hydrogen (secondary N) is 1. The summed E-state index contributed by atoms with van der Waals surface area (Å²) in [6.07, 6.45) is 4.39. The van der Waals surface area contributed by atoms with Crippen molar-refractivity contribution < 1.29 is 19.1 Å². The Labute approximate surface area is 177 Å². The molecular weight excluding hydrogens is 382 g/mol. The molecule has 3 amide bonds. The van der Waals surface area contributed by atoms with E-state index in [4.69, 9.17) is 4.74 Å². The van der Waals surface area contributed by atoms with Crippen LogP contribution in [0.1, 0.15) is 52.9 Å². The van der Waals surface area contributed by atoms with Gasteiger partial charge in [0.2, 0.25) is 5.91 Å². The van der Waals surface area contributed by atoms with Gasteiger partial charge >= 0.3 is 12.0 Å². The number of benzene rings is 1. The first-order valence-corrected chi connectivity index (χ1v) is 10.8. The zero-order valence-corrected chi connectivity index (χ0v) is 18.1. The second-order valence-electron chi connectivity index (χ2n) is 9.90. The van der Waals surface area contributed by atoms with E-state index in [-0.39, 0.29) is 29.2 Å². The summed E-state index contributed by atoms with van der Waals surface area (Å²) in [5.41, 5.74) is 1.82. The first-order valence-electron chi connectivity index (χ1n) is 10.8. The number of imide groups is 1. The molecule has 162 valence electrons. The Bertz CT molecular complexity index is 827. The summed E-state index contributed by atoms with van der Waals surface area (Å²) in [7, 11) is 0. The van der Waals surface area contributed by atoms with Gasteiger partial charge in [0.05, 0.1) is 5.92 Å². The molecule has 0 unspecified atom stereocenters. The average molecular weight is 414 g/mol. The van der Waals surface area contributed by atoms with Crippen LogP contribution in [0, 0.1) is 11.3 Å². The highest BCUT2D eigenvalue weighted by Gasteiger charge is 2.49. The zero-order valence-electron chi connectivity index (χ0n) is 18.1. The lowest BCUT2D eigenvalue weighted by Crippen LogP contribution is -2.50. The van der Waals surface area contributed by atoms with Crippen molar-refractivity contribution >= 4 is 29.3 Å². The molecule has 0 aromatic heterocycles. The standard InChI is InChI=1S/C23H31N3O4/c1-22(2,3)30-20(28)16-14-23(15-16)9-12-25(13-10-23)17-4-6-18(7-5-17)26-11-8-19(27)24-21(26)29/h4-7,16H,8-15H2,1-3H3,(H,24,27,29). The fourth-order valence-corrected chi connectivity index (χ4v) is 4.84. The van der Waals surface area contributed by atoms with Crippen LogP contribution in [0.3, 0.4) is 0 Å². The monoisotopic (exact) mass is 413 g/mol. The number of carbonyl (C=O) groups is 3. The first kappa shape index (κ1) is 20.7. The molecule has 30 heavy (non-hydrogen) atoms. The van der Waals surface area contributed by atoms with Crippen LogP contribution < -0.4 is 15.1 Å². The number of amides is 3. The smallest absolute Gasteiger partial charge is 0.328 e. The Morgan fingerprint density at radius 2 is 1.63 bits per heavy atom. The summed E-state index contributed by atoms with van der Waals surface area (Å²) in [6, 6.07) is 7.61. The van der Waals surface area contributed by atoms with Gasteiger partial charge in [0, 0.05) is 37.4 Å². The third-order valence-corrected chi connectivity index (χ3v) is 6.50. The maximum atomic E-state index is 12.3. The zero-order chi connectivity index (χ0) is 21.5. The topological polar surface area (TPSA) is 79.0 Å². The van der Waals surface area contributed by atoms with E-state index in [1.54, 1.807) is 4.90 Å². The van der Waals surface area contributed by atoms with Crippen LogP contribution >= 0.6 is 0 Å². The van der Waals surface area contributed by atoms with Gasteiger partial charge in [-0.25, -0.2) is 4.79 Å². The summed E-state index contributed by atoms with van der Waals surface area (Å²) in [5.74, 6) is -0.216. The summed E-state index contributed by atoms with van der Waals surface area (Å²) >= 11 is 0. The van der Waals surface area contributed by atoms with Crippen LogP contribution in [-0.2, 0) is 14.3 Å². The predicted octanol–water partition coefficient (Wildman–Crippen LogP) is 3.47. The normalized spacial score (nSPS) is 22.0. The van der Waals surface area contributed by atoms with E-state index in [9.17, 15) is 14.4 Å². The molecule has 2 aliphatic heterocycles. The molecule has 1 saturated carbocycles. The molecule has 2 heterocycles. The molecule has 7 nitrogen and oxygen atoms in total. The molecule has 4 rings (SSSR count).